The number of rotatable bonds is 3. The minimum atomic E-state index is -3.64. The van der Waals surface area contributed by atoms with E-state index in [0.717, 1.165) is 0 Å². The van der Waals surface area contributed by atoms with Gasteiger partial charge < -0.3 is 9.47 Å². The molecule has 2 aromatic heterocycles. The topological polar surface area (TPSA) is 69.9 Å². The summed E-state index contributed by atoms with van der Waals surface area (Å²) in [5.74, 6) is 0.976. The third-order valence-electron chi connectivity index (χ3n) is 3.27. The van der Waals surface area contributed by atoms with Gasteiger partial charge in [0.05, 0.1) is 5.75 Å². The Morgan fingerprint density at radius 2 is 2.14 bits per heavy atom. The van der Waals surface area contributed by atoms with E-state index in [1.165, 1.54) is 15.7 Å². The molecule has 0 spiro atoms. The normalized spacial score (nSPS) is 13.9. The summed E-state index contributed by atoms with van der Waals surface area (Å²) in [6.07, 6.45) is 1.64. The molecule has 4 rings (SSSR count). The number of hydrogen-bond acceptors (Lipinski definition) is 6. The number of fused-ring (bicyclic) bond motifs is 2. The molecule has 0 aliphatic carbocycles. The standard InChI is InChI=1S/C13H9ClN2O4S2/c14-11-12(16-3-4-21-13(16)15-11)22(17,18)6-8-1-2-9-10(5-8)20-7-19-9/h1-5H,6-7H2. The van der Waals surface area contributed by atoms with Crippen LogP contribution in [-0.4, -0.2) is 24.6 Å². The zero-order chi connectivity index (χ0) is 15.3. The van der Waals surface area contributed by atoms with Gasteiger partial charge in [0.2, 0.25) is 16.6 Å². The Bertz CT molecular complexity index is 977. The molecular weight excluding hydrogens is 348 g/mol. The van der Waals surface area contributed by atoms with Gasteiger partial charge in [0.1, 0.15) is 0 Å². The zero-order valence-corrected chi connectivity index (χ0v) is 13.4. The summed E-state index contributed by atoms with van der Waals surface area (Å²) < 4.78 is 37.3. The molecule has 0 saturated carbocycles. The van der Waals surface area contributed by atoms with Crippen LogP contribution in [0.3, 0.4) is 0 Å². The number of benzene rings is 1. The van der Waals surface area contributed by atoms with Gasteiger partial charge in [0.25, 0.3) is 0 Å². The summed E-state index contributed by atoms with van der Waals surface area (Å²) in [6, 6.07) is 5.07. The van der Waals surface area contributed by atoms with E-state index < -0.39 is 9.84 Å². The fourth-order valence-corrected chi connectivity index (χ4v) is 5.19. The summed E-state index contributed by atoms with van der Waals surface area (Å²) in [7, 11) is -3.64. The third kappa shape index (κ3) is 2.15. The van der Waals surface area contributed by atoms with Crippen LogP contribution in [-0.2, 0) is 15.6 Å². The molecular formula is C13H9ClN2O4S2. The Balaban J connectivity index is 1.75. The first-order chi connectivity index (χ1) is 10.5. The van der Waals surface area contributed by atoms with Crippen LogP contribution in [0.25, 0.3) is 4.96 Å². The average Bonchev–Trinajstić information content (AvgIpc) is 3.11. The van der Waals surface area contributed by atoms with Gasteiger partial charge >= 0.3 is 0 Å². The Morgan fingerprint density at radius 1 is 1.32 bits per heavy atom. The number of halogens is 1. The molecule has 1 aromatic carbocycles. The van der Waals surface area contributed by atoms with E-state index in [1.807, 2.05) is 0 Å². The highest BCUT2D eigenvalue weighted by Gasteiger charge is 2.26. The van der Waals surface area contributed by atoms with Crippen molar-refractivity contribution in [2.24, 2.45) is 0 Å². The summed E-state index contributed by atoms with van der Waals surface area (Å²) >= 11 is 7.33. The van der Waals surface area contributed by atoms with Crippen molar-refractivity contribution in [1.82, 2.24) is 9.38 Å². The summed E-state index contributed by atoms with van der Waals surface area (Å²) in [4.78, 5) is 4.61. The maximum Gasteiger partial charge on any atom is 0.231 e. The molecule has 1 aliphatic heterocycles. The van der Waals surface area contributed by atoms with Crippen LogP contribution >= 0.6 is 22.9 Å². The zero-order valence-electron chi connectivity index (χ0n) is 11.0. The first-order valence-corrected chi connectivity index (χ1v) is 9.18. The minimum absolute atomic E-state index is 0.00686. The predicted molar refractivity (Wildman–Crippen MR) is 81.5 cm³/mol. The maximum absolute atomic E-state index is 12.7. The van der Waals surface area contributed by atoms with Gasteiger partial charge in [0.15, 0.2) is 26.6 Å². The number of hydrogen-bond donors (Lipinski definition) is 0. The molecule has 6 nitrogen and oxygen atoms in total. The molecule has 3 aromatic rings. The second-order valence-corrected chi connectivity index (χ2v) is 7.85. The average molecular weight is 357 g/mol. The highest BCUT2D eigenvalue weighted by molar-refractivity contribution is 7.90. The monoisotopic (exact) mass is 356 g/mol. The molecule has 0 fully saturated rings. The van der Waals surface area contributed by atoms with Gasteiger partial charge in [-0.05, 0) is 17.7 Å². The van der Waals surface area contributed by atoms with Crippen LogP contribution in [0.1, 0.15) is 5.56 Å². The van der Waals surface area contributed by atoms with Crippen molar-refractivity contribution < 1.29 is 17.9 Å². The molecule has 9 heteroatoms. The van der Waals surface area contributed by atoms with Crippen molar-refractivity contribution in [2.75, 3.05) is 6.79 Å². The molecule has 22 heavy (non-hydrogen) atoms. The van der Waals surface area contributed by atoms with E-state index >= 15 is 0 Å². The second-order valence-electron chi connectivity index (χ2n) is 4.71. The van der Waals surface area contributed by atoms with Crippen molar-refractivity contribution in [3.8, 4) is 11.5 Å². The van der Waals surface area contributed by atoms with Crippen LogP contribution in [0.4, 0.5) is 0 Å². The van der Waals surface area contributed by atoms with Crippen molar-refractivity contribution >= 4 is 37.7 Å². The lowest BCUT2D eigenvalue weighted by atomic mass is 10.2. The smallest absolute Gasteiger partial charge is 0.231 e. The first kappa shape index (κ1) is 13.9. The Hall–Kier alpha value is -1.77. The lowest BCUT2D eigenvalue weighted by Crippen LogP contribution is -2.08. The second kappa shape index (κ2) is 4.87. The van der Waals surface area contributed by atoms with Crippen molar-refractivity contribution in [3.63, 3.8) is 0 Å². The van der Waals surface area contributed by atoms with Crippen LogP contribution in [0, 0.1) is 0 Å². The van der Waals surface area contributed by atoms with E-state index in [2.05, 4.69) is 4.98 Å². The van der Waals surface area contributed by atoms with Crippen LogP contribution in [0.2, 0.25) is 5.15 Å². The Labute approximate surface area is 134 Å². The largest absolute Gasteiger partial charge is 0.454 e. The lowest BCUT2D eigenvalue weighted by Gasteiger charge is -2.05. The van der Waals surface area contributed by atoms with E-state index in [9.17, 15) is 8.42 Å². The quantitative estimate of drug-likeness (QED) is 0.721. The number of imidazole rings is 1. The van der Waals surface area contributed by atoms with Gasteiger partial charge in [-0.15, -0.1) is 11.3 Å². The third-order valence-corrected chi connectivity index (χ3v) is 6.09. The summed E-state index contributed by atoms with van der Waals surface area (Å²) in [6.45, 7) is 0.148. The van der Waals surface area contributed by atoms with Crippen molar-refractivity contribution in [2.45, 2.75) is 10.8 Å². The Kier molecular flexibility index (Phi) is 3.07. The highest BCUT2D eigenvalue weighted by atomic mass is 35.5. The molecule has 0 saturated heterocycles. The molecule has 0 atom stereocenters. The number of ether oxygens (including phenoxy) is 2. The van der Waals surface area contributed by atoms with Gasteiger partial charge in [-0.3, -0.25) is 4.40 Å². The van der Waals surface area contributed by atoms with E-state index in [1.54, 1.807) is 29.8 Å². The molecule has 1 aliphatic rings. The molecule has 0 unspecified atom stereocenters. The highest BCUT2D eigenvalue weighted by Crippen LogP contribution is 2.34. The van der Waals surface area contributed by atoms with Crippen molar-refractivity contribution in [1.29, 1.82) is 0 Å². The molecule has 0 radical (unpaired) electrons. The summed E-state index contributed by atoms with van der Waals surface area (Å²) in [5, 5.41) is 1.77. The van der Waals surface area contributed by atoms with E-state index in [4.69, 9.17) is 21.1 Å². The SMILES string of the molecule is O=S(=O)(Cc1ccc2c(c1)OCO2)c1c(Cl)nc2sccn12. The molecule has 0 N–H and O–H groups in total. The van der Waals surface area contributed by atoms with Gasteiger partial charge in [-0.1, -0.05) is 17.7 Å². The number of aromatic nitrogens is 2. The molecule has 0 amide bonds. The van der Waals surface area contributed by atoms with Gasteiger partial charge in [-0.25, -0.2) is 13.4 Å². The van der Waals surface area contributed by atoms with Crippen LogP contribution in [0.15, 0.2) is 34.8 Å². The van der Waals surface area contributed by atoms with E-state index in [-0.39, 0.29) is 22.7 Å². The first-order valence-electron chi connectivity index (χ1n) is 6.27. The fraction of sp³-hybridized carbons (Fsp3) is 0.154. The maximum atomic E-state index is 12.7. The number of sulfone groups is 1. The fourth-order valence-electron chi connectivity index (χ4n) is 2.34. The summed E-state index contributed by atoms with van der Waals surface area (Å²) in [5.41, 5.74) is 0.602. The van der Waals surface area contributed by atoms with Crippen LogP contribution in [0.5, 0.6) is 11.5 Å². The van der Waals surface area contributed by atoms with Crippen LogP contribution < -0.4 is 9.47 Å². The number of thiazole rings is 1. The van der Waals surface area contributed by atoms with E-state index in [0.29, 0.717) is 22.0 Å². The predicted octanol–water partition coefficient (Wildman–Crippen LogP) is 2.75. The van der Waals surface area contributed by atoms with Gasteiger partial charge in [-0.2, -0.15) is 0 Å². The molecule has 114 valence electrons. The van der Waals surface area contributed by atoms with Crippen molar-refractivity contribution in [3.05, 3.63) is 40.5 Å². The lowest BCUT2D eigenvalue weighted by molar-refractivity contribution is 0.174. The Morgan fingerprint density at radius 3 is 3.00 bits per heavy atom. The minimum Gasteiger partial charge on any atom is -0.454 e. The van der Waals surface area contributed by atoms with Gasteiger partial charge in [0, 0.05) is 11.6 Å². The molecule has 3 heterocycles. The number of nitrogens with zero attached hydrogens (tertiary/aromatic N) is 2. The molecule has 0 bridgehead atoms.